The van der Waals surface area contributed by atoms with Crippen LogP contribution in [-0.2, 0) is 6.18 Å². The molecule has 20 heavy (non-hydrogen) atoms. The quantitative estimate of drug-likeness (QED) is 0.656. The van der Waals surface area contributed by atoms with Crippen molar-refractivity contribution in [3.8, 4) is 0 Å². The monoisotopic (exact) mass is 290 g/mol. The van der Waals surface area contributed by atoms with Gasteiger partial charge in [0, 0.05) is 6.54 Å². The van der Waals surface area contributed by atoms with Gasteiger partial charge < -0.3 is 10.2 Å². The van der Waals surface area contributed by atoms with Crippen molar-refractivity contribution >= 4 is 5.69 Å². The van der Waals surface area contributed by atoms with Crippen LogP contribution in [0.2, 0.25) is 0 Å². The third-order valence-electron chi connectivity index (χ3n) is 3.46. The van der Waals surface area contributed by atoms with Gasteiger partial charge in [0.25, 0.3) is 0 Å². The minimum Gasteiger partial charge on any atom is -0.383 e. The molecular formula is C14H18F4N2. The van der Waals surface area contributed by atoms with E-state index >= 15 is 0 Å². The van der Waals surface area contributed by atoms with E-state index in [2.05, 4.69) is 10.2 Å². The van der Waals surface area contributed by atoms with E-state index in [1.807, 2.05) is 0 Å². The Morgan fingerprint density at radius 3 is 2.45 bits per heavy atom. The summed E-state index contributed by atoms with van der Waals surface area (Å²) in [6.45, 7) is 3.71. The van der Waals surface area contributed by atoms with Gasteiger partial charge in [0.2, 0.25) is 0 Å². The minimum atomic E-state index is -4.50. The maximum Gasteiger partial charge on any atom is 0.416 e. The standard InChI is InChI=1S/C14H18F4N2/c15-12-10-11(14(16,17)18)4-5-13(12)19-6-3-9-20-7-1-2-8-20/h4-5,10,19H,1-3,6-9H2. The van der Waals surface area contributed by atoms with Crippen molar-refractivity contribution in [3.63, 3.8) is 0 Å². The summed E-state index contributed by atoms with van der Waals surface area (Å²) in [6, 6.07) is 2.57. The minimum absolute atomic E-state index is 0.124. The van der Waals surface area contributed by atoms with Crippen LogP contribution in [0.4, 0.5) is 23.2 Å². The summed E-state index contributed by atoms with van der Waals surface area (Å²) < 4.78 is 50.7. The molecule has 2 nitrogen and oxygen atoms in total. The number of hydrogen-bond acceptors (Lipinski definition) is 2. The lowest BCUT2D eigenvalue weighted by Crippen LogP contribution is -2.22. The van der Waals surface area contributed by atoms with Gasteiger partial charge in [-0.2, -0.15) is 13.2 Å². The van der Waals surface area contributed by atoms with Gasteiger partial charge in [0.1, 0.15) is 5.82 Å². The predicted octanol–water partition coefficient (Wildman–Crippen LogP) is 3.74. The molecule has 1 saturated heterocycles. The van der Waals surface area contributed by atoms with Gasteiger partial charge in [-0.3, -0.25) is 0 Å². The van der Waals surface area contributed by atoms with Crippen molar-refractivity contribution < 1.29 is 17.6 Å². The van der Waals surface area contributed by atoms with Gasteiger partial charge in [-0.1, -0.05) is 0 Å². The van der Waals surface area contributed by atoms with Gasteiger partial charge in [-0.05, 0) is 57.1 Å². The SMILES string of the molecule is Fc1cc(C(F)(F)F)ccc1NCCCN1CCCC1. The number of alkyl halides is 3. The van der Waals surface area contributed by atoms with Crippen molar-refractivity contribution in [1.82, 2.24) is 4.90 Å². The fourth-order valence-electron chi connectivity index (χ4n) is 2.37. The van der Waals surface area contributed by atoms with Crippen LogP contribution < -0.4 is 5.32 Å². The van der Waals surface area contributed by atoms with Crippen LogP contribution in [-0.4, -0.2) is 31.1 Å². The molecule has 1 fully saturated rings. The molecule has 0 amide bonds. The van der Waals surface area contributed by atoms with Crippen LogP contribution >= 0.6 is 0 Å². The van der Waals surface area contributed by atoms with Crippen LogP contribution in [0.5, 0.6) is 0 Å². The first-order valence-corrected chi connectivity index (χ1v) is 6.80. The lowest BCUT2D eigenvalue weighted by Gasteiger charge is -2.15. The summed E-state index contributed by atoms with van der Waals surface area (Å²) in [5.74, 6) is -0.860. The number of nitrogens with one attached hydrogen (secondary N) is 1. The second-order valence-corrected chi connectivity index (χ2v) is 5.02. The zero-order valence-corrected chi connectivity index (χ0v) is 11.1. The van der Waals surface area contributed by atoms with Crippen molar-refractivity contribution in [2.24, 2.45) is 0 Å². The summed E-state index contributed by atoms with van der Waals surface area (Å²) in [6.07, 6.45) is -1.21. The highest BCUT2D eigenvalue weighted by Gasteiger charge is 2.31. The largest absolute Gasteiger partial charge is 0.416 e. The molecule has 112 valence electrons. The lowest BCUT2D eigenvalue weighted by atomic mass is 10.2. The van der Waals surface area contributed by atoms with E-state index in [0.717, 1.165) is 38.2 Å². The van der Waals surface area contributed by atoms with E-state index < -0.39 is 17.6 Å². The Hall–Kier alpha value is -1.30. The molecule has 1 N–H and O–H groups in total. The third-order valence-corrected chi connectivity index (χ3v) is 3.46. The van der Waals surface area contributed by atoms with E-state index in [9.17, 15) is 17.6 Å². The Kier molecular flexibility index (Phi) is 4.86. The molecule has 0 bridgehead atoms. The van der Waals surface area contributed by atoms with E-state index in [4.69, 9.17) is 0 Å². The predicted molar refractivity (Wildman–Crippen MR) is 70.2 cm³/mol. The Morgan fingerprint density at radius 2 is 1.85 bits per heavy atom. The Labute approximate surface area is 115 Å². The van der Waals surface area contributed by atoms with Crippen molar-refractivity contribution in [2.75, 3.05) is 31.5 Å². The number of halogens is 4. The number of likely N-dealkylation sites (tertiary alicyclic amines) is 1. The first kappa shape index (κ1) is 15.1. The maximum absolute atomic E-state index is 13.5. The van der Waals surface area contributed by atoms with E-state index in [1.165, 1.54) is 12.8 Å². The highest BCUT2D eigenvalue weighted by Crippen LogP contribution is 2.31. The smallest absolute Gasteiger partial charge is 0.383 e. The van der Waals surface area contributed by atoms with Gasteiger partial charge in [0.05, 0.1) is 11.3 Å². The molecule has 0 saturated carbocycles. The van der Waals surface area contributed by atoms with E-state index in [0.29, 0.717) is 12.6 Å². The average molecular weight is 290 g/mol. The summed E-state index contributed by atoms with van der Waals surface area (Å²) in [5, 5.41) is 2.85. The van der Waals surface area contributed by atoms with E-state index in [-0.39, 0.29) is 5.69 Å². The molecule has 1 aliphatic heterocycles. The third kappa shape index (κ3) is 4.10. The van der Waals surface area contributed by atoms with Gasteiger partial charge in [-0.15, -0.1) is 0 Å². The molecule has 1 heterocycles. The topological polar surface area (TPSA) is 15.3 Å². The molecule has 1 aromatic rings. The zero-order chi connectivity index (χ0) is 14.6. The number of nitrogens with zero attached hydrogens (tertiary/aromatic N) is 1. The van der Waals surface area contributed by atoms with Gasteiger partial charge in [-0.25, -0.2) is 4.39 Å². The molecule has 6 heteroatoms. The highest BCUT2D eigenvalue weighted by atomic mass is 19.4. The number of hydrogen-bond donors (Lipinski definition) is 1. The summed E-state index contributed by atoms with van der Waals surface area (Å²) in [7, 11) is 0. The second kappa shape index (κ2) is 6.43. The van der Waals surface area contributed by atoms with Crippen molar-refractivity contribution in [3.05, 3.63) is 29.6 Å². The number of rotatable bonds is 5. The maximum atomic E-state index is 13.5. The number of benzene rings is 1. The van der Waals surface area contributed by atoms with Gasteiger partial charge in [0.15, 0.2) is 0 Å². The molecular weight excluding hydrogens is 272 g/mol. The summed E-state index contributed by atoms with van der Waals surface area (Å²) in [4.78, 5) is 2.34. The fraction of sp³-hybridized carbons (Fsp3) is 0.571. The van der Waals surface area contributed by atoms with Crippen LogP contribution in [0.3, 0.4) is 0 Å². The van der Waals surface area contributed by atoms with Crippen LogP contribution in [0.1, 0.15) is 24.8 Å². The normalized spacial score (nSPS) is 16.6. The highest BCUT2D eigenvalue weighted by molar-refractivity contribution is 5.46. The van der Waals surface area contributed by atoms with Gasteiger partial charge >= 0.3 is 6.18 Å². The second-order valence-electron chi connectivity index (χ2n) is 5.02. The Balaban J connectivity index is 1.80. The molecule has 1 aromatic carbocycles. The van der Waals surface area contributed by atoms with E-state index in [1.54, 1.807) is 0 Å². The molecule has 1 aliphatic rings. The first-order chi connectivity index (χ1) is 9.47. The average Bonchev–Trinajstić information content (AvgIpc) is 2.88. The number of anilines is 1. The molecule has 0 unspecified atom stereocenters. The summed E-state index contributed by atoms with van der Waals surface area (Å²) in [5.41, 5.74) is -0.836. The molecule has 2 rings (SSSR count). The zero-order valence-electron chi connectivity index (χ0n) is 11.1. The van der Waals surface area contributed by atoms with Crippen LogP contribution in [0.25, 0.3) is 0 Å². The van der Waals surface area contributed by atoms with Crippen LogP contribution in [0.15, 0.2) is 18.2 Å². The molecule has 0 spiro atoms. The van der Waals surface area contributed by atoms with Crippen molar-refractivity contribution in [1.29, 1.82) is 0 Å². The molecule has 0 radical (unpaired) electrons. The fourth-order valence-corrected chi connectivity index (χ4v) is 2.37. The lowest BCUT2D eigenvalue weighted by molar-refractivity contribution is -0.137. The van der Waals surface area contributed by atoms with Crippen molar-refractivity contribution in [2.45, 2.75) is 25.4 Å². The first-order valence-electron chi connectivity index (χ1n) is 6.80. The molecule has 0 aliphatic carbocycles. The van der Waals surface area contributed by atoms with Crippen LogP contribution in [0, 0.1) is 5.82 Å². The Bertz CT molecular complexity index is 439. The molecule has 0 aromatic heterocycles. The summed E-state index contributed by atoms with van der Waals surface area (Å²) >= 11 is 0. The molecule has 0 atom stereocenters. The Morgan fingerprint density at radius 1 is 1.15 bits per heavy atom.